The van der Waals surface area contributed by atoms with Crippen LogP contribution in [-0.4, -0.2) is 12.8 Å². The van der Waals surface area contributed by atoms with Crippen LogP contribution in [0.5, 0.6) is 0 Å². The molecule has 0 heterocycles. The van der Waals surface area contributed by atoms with Crippen LogP contribution in [0.4, 0.5) is 0 Å². The van der Waals surface area contributed by atoms with Crippen LogP contribution in [0.15, 0.2) is 12.7 Å². The first kappa shape index (κ1) is 6.66. The average Bonchev–Trinajstić information content (AvgIpc) is 1.61. The first-order chi connectivity index (χ1) is 3.27. The van der Waals surface area contributed by atoms with Crippen molar-refractivity contribution < 1.29 is 4.74 Å². The molecular weight excluding hydrogens is 90.1 g/mol. The molecule has 0 saturated carbocycles. The second-order valence-corrected chi connectivity index (χ2v) is 1.33. The van der Waals surface area contributed by atoms with Gasteiger partial charge in [0, 0.05) is 0 Å². The summed E-state index contributed by atoms with van der Waals surface area (Å²) in [4.78, 5) is 0. The van der Waals surface area contributed by atoms with E-state index in [1.165, 1.54) is 0 Å². The van der Waals surface area contributed by atoms with Crippen molar-refractivity contribution in [3.8, 4) is 0 Å². The molecule has 1 unspecified atom stereocenters. The molecule has 0 fully saturated rings. The first-order valence-corrected chi connectivity index (χ1v) is 2.25. The molecule has 0 bridgehead atoms. The maximum atomic E-state index is 5.21. The summed E-state index contributed by atoms with van der Waals surface area (Å²) >= 11 is 0. The van der Waals surface area contributed by atoms with Gasteiger partial charge in [-0.15, -0.1) is 6.58 Å². The fourth-order valence-electron chi connectivity index (χ4n) is 0.220. The molecule has 0 aliphatic rings. The maximum Gasteiger partial charge on any atom is 0.103 e. The van der Waals surface area contributed by atoms with Crippen molar-refractivity contribution in [2.75, 3.05) is 6.61 Å². The van der Waals surface area contributed by atoms with Crippen LogP contribution in [0.25, 0.3) is 0 Å². The number of nitrogens with two attached hydrogens (primary N) is 1. The van der Waals surface area contributed by atoms with E-state index in [1.54, 1.807) is 13.0 Å². The van der Waals surface area contributed by atoms with Crippen molar-refractivity contribution in [1.29, 1.82) is 0 Å². The Morgan fingerprint density at radius 2 is 2.57 bits per heavy atom. The molecule has 7 heavy (non-hydrogen) atoms. The molecule has 42 valence electrons. The van der Waals surface area contributed by atoms with Crippen molar-refractivity contribution in [3.05, 3.63) is 12.7 Å². The Morgan fingerprint density at radius 3 is 2.71 bits per heavy atom. The lowest BCUT2D eigenvalue weighted by molar-refractivity contribution is 0.0937. The second-order valence-electron chi connectivity index (χ2n) is 1.33. The lowest BCUT2D eigenvalue weighted by Gasteiger charge is -2.01. The molecular formula is C5H11NO. The Labute approximate surface area is 44.0 Å². The smallest absolute Gasteiger partial charge is 0.103 e. The minimum Gasteiger partial charge on any atom is -0.360 e. The summed E-state index contributed by atoms with van der Waals surface area (Å²) in [6.45, 7) is 5.77. The van der Waals surface area contributed by atoms with Gasteiger partial charge in [-0.05, 0) is 6.92 Å². The molecule has 2 nitrogen and oxygen atoms in total. The standard InChI is InChI=1S/C5H11NO/c1-3-4-7-5(2)6/h3,5H,1,4,6H2,2H3. The van der Waals surface area contributed by atoms with E-state index >= 15 is 0 Å². The molecule has 0 aliphatic carbocycles. The quantitative estimate of drug-likeness (QED) is 0.415. The Kier molecular flexibility index (Phi) is 3.65. The van der Waals surface area contributed by atoms with Crippen molar-refractivity contribution in [3.63, 3.8) is 0 Å². The first-order valence-electron chi connectivity index (χ1n) is 2.25. The Hall–Kier alpha value is -0.340. The van der Waals surface area contributed by atoms with Crippen molar-refractivity contribution in [2.24, 2.45) is 5.73 Å². The van der Waals surface area contributed by atoms with E-state index < -0.39 is 0 Å². The van der Waals surface area contributed by atoms with E-state index in [0.29, 0.717) is 6.61 Å². The summed E-state index contributed by atoms with van der Waals surface area (Å²) < 4.78 is 4.85. The van der Waals surface area contributed by atoms with E-state index in [0.717, 1.165) is 0 Å². The zero-order valence-corrected chi connectivity index (χ0v) is 4.55. The molecule has 0 rings (SSSR count). The lowest BCUT2D eigenvalue weighted by Crippen LogP contribution is -2.18. The highest BCUT2D eigenvalue weighted by Gasteiger charge is 1.85. The van der Waals surface area contributed by atoms with Crippen molar-refractivity contribution in [2.45, 2.75) is 13.2 Å². The fraction of sp³-hybridized carbons (Fsp3) is 0.600. The van der Waals surface area contributed by atoms with Crippen molar-refractivity contribution in [1.82, 2.24) is 0 Å². The summed E-state index contributed by atoms with van der Waals surface area (Å²) in [7, 11) is 0. The average molecular weight is 101 g/mol. The molecule has 2 N–H and O–H groups in total. The normalized spacial score (nSPS) is 13.4. The highest BCUT2D eigenvalue weighted by Crippen LogP contribution is 1.77. The zero-order valence-electron chi connectivity index (χ0n) is 4.55. The number of rotatable bonds is 3. The van der Waals surface area contributed by atoms with Crippen molar-refractivity contribution >= 4 is 0 Å². The van der Waals surface area contributed by atoms with Crippen LogP contribution >= 0.6 is 0 Å². The third-order valence-electron chi connectivity index (χ3n) is 0.477. The molecule has 0 amide bonds. The third-order valence-corrected chi connectivity index (χ3v) is 0.477. The summed E-state index contributed by atoms with van der Waals surface area (Å²) in [6.07, 6.45) is 1.50. The monoisotopic (exact) mass is 101 g/mol. The topological polar surface area (TPSA) is 35.2 Å². The highest BCUT2D eigenvalue weighted by molar-refractivity contribution is 4.63. The summed E-state index contributed by atoms with van der Waals surface area (Å²) in [5.74, 6) is 0. The van der Waals surface area contributed by atoms with Gasteiger partial charge >= 0.3 is 0 Å². The number of hydrogen-bond acceptors (Lipinski definition) is 2. The maximum absolute atomic E-state index is 5.21. The van der Waals surface area contributed by atoms with Crippen LogP contribution in [0.3, 0.4) is 0 Å². The predicted octanol–water partition coefficient (Wildman–Crippen LogP) is 0.494. The molecule has 0 spiro atoms. The van der Waals surface area contributed by atoms with E-state index in [4.69, 9.17) is 10.5 Å². The van der Waals surface area contributed by atoms with E-state index in [1.807, 2.05) is 0 Å². The summed E-state index contributed by atoms with van der Waals surface area (Å²) in [5, 5.41) is 0. The molecule has 1 atom stereocenters. The molecule has 0 aromatic carbocycles. The summed E-state index contributed by atoms with van der Waals surface area (Å²) in [5.41, 5.74) is 5.21. The van der Waals surface area contributed by atoms with Crippen LogP contribution in [-0.2, 0) is 4.74 Å². The van der Waals surface area contributed by atoms with Crippen LogP contribution in [0.2, 0.25) is 0 Å². The van der Waals surface area contributed by atoms with Gasteiger partial charge < -0.3 is 10.5 Å². The largest absolute Gasteiger partial charge is 0.360 e. The third kappa shape index (κ3) is 5.66. The van der Waals surface area contributed by atoms with Gasteiger partial charge in [0.2, 0.25) is 0 Å². The Morgan fingerprint density at radius 1 is 2.00 bits per heavy atom. The molecule has 0 aliphatic heterocycles. The molecule has 0 radical (unpaired) electrons. The second kappa shape index (κ2) is 3.84. The number of ether oxygens (including phenoxy) is 1. The molecule has 0 saturated heterocycles. The minimum absolute atomic E-state index is 0.169. The van der Waals surface area contributed by atoms with Gasteiger partial charge in [0.15, 0.2) is 0 Å². The Balaban J connectivity index is 2.81. The number of hydrogen-bond donors (Lipinski definition) is 1. The lowest BCUT2D eigenvalue weighted by atomic mass is 10.6. The van der Waals surface area contributed by atoms with E-state index in [9.17, 15) is 0 Å². The molecule has 2 heteroatoms. The SMILES string of the molecule is C=CCOC(C)N. The minimum atomic E-state index is -0.169. The predicted molar refractivity (Wildman–Crippen MR) is 29.8 cm³/mol. The summed E-state index contributed by atoms with van der Waals surface area (Å²) in [6, 6.07) is 0. The highest BCUT2D eigenvalue weighted by atomic mass is 16.5. The van der Waals surface area contributed by atoms with Gasteiger partial charge in [0.05, 0.1) is 6.61 Å². The van der Waals surface area contributed by atoms with Gasteiger partial charge in [-0.25, -0.2) is 0 Å². The van der Waals surface area contributed by atoms with Gasteiger partial charge in [-0.2, -0.15) is 0 Å². The van der Waals surface area contributed by atoms with Gasteiger partial charge in [0.1, 0.15) is 6.23 Å². The van der Waals surface area contributed by atoms with Crippen LogP contribution in [0.1, 0.15) is 6.92 Å². The van der Waals surface area contributed by atoms with Gasteiger partial charge in [-0.3, -0.25) is 0 Å². The van der Waals surface area contributed by atoms with Gasteiger partial charge in [0.25, 0.3) is 0 Å². The Bertz CT molecular complexity index is 52.0. The van der Waals surface area contributed by atoms with Crippen LogP contribution < -0.4 is 5.73 Å². The fourth-order valence-corrected chi connectivity index (χ4v) is 0.220. The molecule has 0 aromatic rings. The zero-order chi connectivity index (χ0) is 5.70. The van der Waals surface area contributed by atoms with Crippen LogP contribution in [0, 0.1) is 0 Å². The van der Waals surface area contributed by atoms with E-state index in [2.05, 4.69) is 6.58 Å². The van der Waals surface area contributed by atoms with E-state index in [-0.39, 0.29) is 6.23 Å². The molecule has 0 aromatic heterocycles. The van der Waals surface area contributed by atoms with Gasteiger partial charge in [-0.1, -0.05) is 6.08 Å².